The zero-order chi connectivity index (χ0) is 26.0. The summed E-state index contributed by atoms with van der Waals surface area (Å²) in [5.74, 6) is -0.969. The normalized spacial score (nSPS) is 14.7. The van der Waals surface area contributed by atoms with Crippen LogP contribution in [0.2, 0.25) is 5.02 Å². The predicted octanol–water partition coefficient (Wildman–Crippen LogP) is 4.58. The number of anilines is 1. The monoisotopic (exact) mass is 511 g/mol. The van der Waals surface area contributed by atoms with Gasteiger partial charge in [0, 0.05) is 0 Å². The van der Waals surface area contributed by atoms with E-state index < -0.39 is 22.8 Å². The Labute approximate surface area is 209 Å². The van der Waals surface area contributed by atoms with Crippen molar-refractivity contribution < 1.29 is 33.2 Å². The molecule has 0 spiro atoms. The molecule has 1 aliphatic heterocycles. The molecular weight excluding hydrogens is 494 g/mol. The van der Waals surface area contributed by atoms with Gasteiger partial charge in [-0.05, 0) is 55.5 Å². The van der Waals surface area contributed by atoms with Crippen LogP contribution in [0.25, 0.3) is 17.4 Å². The Bertz CT molecular complexity index is 1430. The maximum Gasteiger partial charge on any atom is 0.335 e. The number of nitro benzene ring substituents is 1. The number of hydrogen-bond donors (Lipinski definition) is 1. The molecule has 2 heterocycles. The Morgan fingerprint density at radius 3 is 2.58 bits per heavy atom. The molecular formula is C24H18ClN3O8. The quantitative estimate of drug-likeness (QED) is 0.210. The van der Waals surface area contributed by atoms with Gasteiger partial charge in [-0.15, -0.1) is 0 Å². The molecule has 0 atom stereocenters. The van der Waals surface area contributed by atoms with Crippen LogP contribution >= 0.6 is 11.6 Å². The Kier molecular flexibility index (Phi) is 6.75. The summed E-state index contributed by atoms with van der Waals surface area (Å²) in [5.41, 5.74) is -0.332. The lowest BCUT2D eigenvalue weighted by atomic mass is 10.1. The number of nitro groups is 1. The summed E-state index contributed by atoms with van der Waals surface area (Å²) in [6.07, 6.45) is 1.14. The van der Waals surface area contributed by atoms with E-state index in [4.69, 9.17) is 25.5 Å². The maximum atomic E-state index is 13.1. The minimum absolute atomic E-state index is 0.0637. The SMILES string of the molecule is CCOc1ccc(-c2ccc(/C=C3/C(=O)NC(=O)N(c4ccc(OC)c(Cl)c4)C3=O)o2)c([N+](=O)[O-])c1. The number of nitrogens with one attached hydrogen (secondary N) is 1. The molecule has 2 aromatic carbocycles. The molecule has 11 nitrogen and oxygen atoms in total. The molecule has 0 bridgehead atoms. The number of carbonyl (C=O) groups excluding carboxylic acids is 3. The van der Waals surface area contributed by atoms with Crippen molar-refractivity contribution in [3.63, 3.8) is 0 Å². The fraction of sp³-hybridized carbons (Fsp3) is 0.125. The molecule has 0 aliphatic carbocycles. The van der Waals surface area contributed by atoms with Crippen LogP contribution < -0.4 is 19.7 Å². The van der Waals surface area contributed by atoms with Crippen molar-refractivity contribution in [2.45, 2.75) is 6.92 Å². The van der Waals surface area contributed by atoms with Gasteiger partial charge in [-0.2, -0.15) is 0 Å². The third kappa shape index (κ3) is 4.64. The van der Waals surface area contributed by atoms with Crippen molar-refractivity contribution in [2.24, 2.45) is 0 Å². The first-order chi connectivity index (χ1) is 17.2. The highest BCUT2D eigenvalue weighted by molar-refractivity contribution is 6.39. The molecule has 3 aromatic rings. The lowest BCUT2D eigenvalue weighted by Crippen LogP contribution is -2.54. The van der Waals surface area contributed by atoms with Gasteiger partial charge in [0.15, 0.2) is 0 Å². The van der Waals surface area contributed by atoms with E-state index in [1.807, 2.05) is 0 Å². The molecule has 1 N–H and O–H groups in total. The molecule has 184 valence electrons. The van der Waals surface area contributed by atoms with Gasteiger partial charge in [-0.3, -0.25) is 25.0 Å². The Morgan fingerprint density at radius 1 is 1.14 bits per heavy atom. The van der Waals surface area contributed by atoms with Crippen LogP contribution in [-0.4, -0.2) is 36.5 Å². The van der Waals surface area contributed by atoms with E-state index in [0.29, 0.717) is 18.1 Å². The number of ether oxygens (including phenoxy) is 2. The van der Waals surface area contributed by atoms with Gasteiger partial charge in [-0.25, -0.2) is 9.69 Å². The van der Waals surface area contributed by atoms with Gasteiger partial charge >= 0.3 is 6.03 Å². The van der Waals surface area contributed by atoms with Crippen molar-refractivity contribution >= 4 is 46.9 Å². The first kappa shape index (κ1) is 24.5. The number of halogens is 1. The Hall–Kier alpha value is -4.64. The number of nitrogens with zero attached hydrogens (tertiary/aromatic N) is 2. The van der Waals surface area contributed by atoms with E-state index in [1.165, 1.54) is 49.6 Å². The van der Waals surface area contributed by atoms with E-state index in [0.717, 1.165) is 11.0 Å². The minimum atomic E-state index is -0.950. The van der Waals surface area contributed by atoms with Crippen LogP contribution in [0.1, 0.15) is 12.7 Å². The second-order valence-electron chi connectivity index (χ2n) is 7.35. The number of carbonyl (C=O) groups is 3. The molecule has 0 unspecified atom stereocenters. The maximum absolute atomic E-state index is 13.1. The van der Waals surface area contributed by atoms with Crippen molar-refractivity contribution in [1.29, 1.82) is 0 Å². The van der Waals surface area contributed by atoms with E-state index in [-0.39, 0.29) is 39.1 Å². The van der Waals surface area contributed by atoms with Crippen molar-refractivity contribution in [3.8, 4) is 22.8 Å². The summed E-state index contributed by atoms with van der Waals surface area (Å²) in [7, 11) is 1.42. The standard InChI is InChI=1S/C24H18ClN3O8/c1-3-35-14-5-7-16(19(12-14)28(32)33)20-9-6-15(36-20)11-17-22(29)26-24(31)27(23(17)30)13-4-8-21(34-2)18(25)10-13/h4-12H,3H2,1-2H3,(H,26,29,31)/b17-11-. The Morgan fingerprint density at radius 2 is 1.92 bits per heavy atom. The fourth-order valence-corrected chi connectivity index (χ4v) is 3.78. The van der Waals surface area contributed by atoms with Crippen molar-refractivity contribution in [1.82, 2.24) is 5.32 Å². The van der Waals surface area contributed by atoms with Gasteiger partial charge < -0.3 is 13.9 Å². The van der Waals surface area contributed by atoms with Crippen LogP contribution in [0.15, 0.2) is 58.5 Å². The van der Waals surface area contributed by atoms with Crippen LogP contribution in [0.3, 0.4) is 0 Å². The number of urea groups is 1. The highest BCUT2D eigenvalue weighted by Gasteiger charge is 2.37. The predicted molar refractivity (Wildman–Crippen MR) is 129 cm³/mol. The molecule has 0 saturated carbocycles. The van der Waals surface area contributed by atoms with Crippen LogP contribution in [0.5, 0.6) is 11.5 Å². The smallest absolute Gasteiger partial charge is 0.335 e. The van der Waals surface area contributed by atoms with E-state index in [1.54, 1.807) is 13.0 Å². The molecule has 1 aliphatic rings. The average molecular weight is 512 g/mol. The molecule has 12 heteroatoms. The molecule has 1 fully saturated rings. The summed E-state index contributed by atoms with van der Waals surface area (Å²) < 4.78 is 16.1. The second-order valence-corrected chi connectivity index (χ2v) is 7.75. The number of benzene rings is 2. The largest absolute Gasteiger partial charge is 0.495 e. The summed E-state index contributed by atoms with van der Waals surface area (Å²) >= 11 is 6.12. The topological polar surface area (TPSA) is 141 Å². The zero-order valence-electron chi connectivity index (χ0n) is 18.9. The molecule has 36 heavy (non-hydrogen) atoms. The van der Waals surface area contributed by atoms with Gasteiger partial charge in [-0.1, -0.05) is 11.6 Å². The highest BCUT2D eigenvalue weighted by atomic mass is 35.5. The minimum Gasteiger partial charge on any atom is -0.495 e. The van der Waals surface area contributed by atoms with Crippen molar-refractivity contribution in [2.75, 3.05) is 18.6 Å². The molecule has 1 aromatic heterocycles. The summed E-state index contributed by atoms with van der Waals surface area (Å²) in [6, 6.07) is 10.5. The Balaban J connectivity index is 1.68. The molecule has 0 radical (unpaired) electrons. The van der Waals surface area contributed by atoms with Crippen molar-refractivity contribution in [3.05, 3.63) is 75.0 Å². The molecule has 1 saturated heterocycles. The first-order valence-electron chi connectivity index (χ1n) is 10.5. The number of amides is 4. The summed E-state index contributed by atoms with van der Waals surface area (Å²) in [4.78, 5) is 49.7. The lowest BCUT2D eigenvalue weighted by molar-refractivity contribution is -0.384. The molecule has 4 rings (SSSR count). The number of methoxy groups -OCH3 is 1. The zero-order valence-corrected chi connectivity index (χ0v) is 19.7. The van der Waals surface area contributed by atoms with E-state index in [2.05, 4.69) is 5.32 Å². The van der Waals surface area contributed by atoms with Crippen LogP contribution in [-0.2, 0) is 9.59 Å². The third-order valence-electron chi connectivity index (χ3n) is 5.15. The van der Waals surface area contributed by atoms with Crippen LogP contribution in [0.4, 0.5) is 16.2 Å². The van der Waals surface area contributed by atoms with Gasteiger partial charge in [0.1, 0.15) is 28.6 Å². The number of barbiturate groups is 1. The second kappa shape index (κ2) is 9.92. The number of hydrogen-bond acceptors (Lipinski definition) is 8. The number of rotatable bonds is 7. The number of imide groups is 2. The number of furan rings is 1. The lowest BCUT2D eigenvalue weighted by Gasteiger charge is -2.26. The van der Waals surface area contributed by atoms with Gasteiger partial charge in [0.05, 0.1) is 41.0 Å². The third-order valence-corrected chi connectivity index (χ3v) is 5.45. The first-order valence-corrected chi connectivity index (χ1v) is 10.9. The van der Waals surface area contributed by atoms with Gasteiger partial charge in [0.2, 0.25) is 0 Å². The average Bonchev–Trinajstić information content (AvgIpc) is 3.30. The van der Waals surface area contributed by atoms with Crippen LogP contribution in [0, 0.1) is 10.1 Å². The summed E-state index contributed by atoms with van der Waals surface area (Å²) in [6.45, 7) is 2.10. The molecule has 4 amide bonds. The highest BCUT2D eigenvalue weighted by Crippen LogP contribution is 2.35. The van der Waals surface area contributed by atoms with E-state index in [9.17, 15) is 24.5 Å². The van der Waals surface area contributed by atoms with Gasteiger partial charge in [0.25, 0.3) is 17.5 Å². The summed E-state index contributed by atoms with van der Waals surface area (Å²) in [5, 5.41) is 13.8. The van der Waals surface area contributed by atoms with E-state index >= 15 is 0 Å². The fourth-order valence-electron chi connectivity index (χ4n) is 3.53.